The molecule has 3 heterocycles. The molecule has 4 rings (SSSR count). The molecule has 0 saturated carbocycles. The van der Waals surface area contributed by atoms with Crippen LogP contribution in [0.3, 0.4) is 0 Å². The average Bonchev–Trinajstić information content (AvgIpc) is 2.75. The summed E-state index contributed by atoms with van der Waals surface area (Å²) in [6, 6.07) is 7.44. The number of anilines is 1. The quantitative estimate of drug-likeness (QED) is 0.879. The van der Waals surface area contributed by atoms with Crippen molar-refractivity contribution >= 4 is 17.3 Å². The van der Waals surface area contributed by atoms with Crippen LogP contribution in [-0.2, 0) is 0 Å². The molecular weight excluding hydrogens is 298 g/mol. The van der Waals surface area contributed by atoms with Gasteiger partial charge in [0.2, 0.25) is 0 Å². The van der Waals surface area contributed by atoms with Crippen LogP contribution in [0, 0.1) is 5.92 Å². The molecular formula is C17H24ClN3O. The molecule has 0 amide bonds. The zero-order valence-electron chi connectivity index (χ0n) is 13.0. The number of ether oxygens (including phenoxy) is 1. The van der Waals surface area contributed by atoms with Crippen molar-refractivity contribution in [2.45, 2.75) is 49.9 Å². The Hall–Kier alpha value is -0.970. The van der Waals surface area contributed by atoms with Crippen LogP contribution in [0.4, 0.5) is 5.69 Å². The lowest BCUT2D eigenvalue weighted by molar-refractivity contribution is 0.110. The van der Waals surface area contributed by atoms with Crippen LogP contribution in [0.1, 0.15) is 25.7 Å². The average molecular weight is 322 g/mol. The molecule has 0 radical (unpaired) electrons. The summed E-state index contributed by atoms with van der Waals surface area (Å²) in [5.74, 6) is 1.45. The van der Waals surface area contributed by atoms with Gasteiger partial charge in [-0.05, 0) is 56.8 Å². The number of piperidine rings is 1. The second kappa shape index (κ2) is 5.59. The Morgan fingerprint density at radius 1 is 1.32 bits per heavy atom. The van der Waals surface area contributed by atoms with Crippen molar-refractivity contribution in [3.63, 3.8) is 0 Å². The standard InChI is InChI=1S/C17H24ClN3O/c1-21-12-3-4-13(21)7-10(6-12)17(19)15-9-22-16-5-2-11(18)8-14(16)20-15/h2,5,8,10,12-13,15,17,20H,3-4,6-7,9,19H2,1H3. The number of hydrogen-bond donors (Lipinski definition) is 2. The van der Waals surface area contributed by atoms with E-state index in [9.17, 15) is 0 Å². The molecule has 0 spiro atoms. The molecule has 22 heavy (non-hydrogen) atoms. The minimum Gasteiger partial charge on any atom is -0.489 e. The van der Waals surface area contributed by atoms with Gasteiger partial charge in [-0.3, -0.25) is 0 Å². The number of nitrogens with one attached hydrogen (secondary N) is 1. The molecule has 3 aliphatic rings. The summed E-state index contributed by atoms with van der Waals surface area (Å²) in [6.07, 6.45) is 5.10. The number of rotatable bonds is 2. The fourth-order valence-electron chi connectivity index (χ4n) is 4.47. The van der Waals surface area contributed by atoms with Gasteiger partial charge in [0, 0.05) is 23.1 Å². The Balaban J connectivity index is 1.47. The van der Waals surface area contributed by atoms with Gasteiger partial charge in [0.05, 0.1) is 11.7 Å². The zero-order valence-corrected chi connectivity index (χ0v) is 13.7. The third-order valence-electron chi connectivity index (χ3n) is 5.84. The summed E-state index contributed by atoms with van der Waals surface area (Å²) in [4.78, 5) is 2.56. The van der Waals surface area contributed by atoms with Gasteiger partial charge < -0.3 is 20.7 Å². The SMILES string of the molecule is CN1C2CCC1CC(C(N)C1COc3ccc(Cl)cc3N1)C2. The van der Waals surface area contributed by atoms with E-state index in [1.165, 1.54) is 25.7 Å². The first-order valence-corrected chi connectivity index (χ1v) is 8.66. The van der Waals surface area contributed by atoms with Gasteiger partial charge >= 0.3 is 0 Å². The van der Waals surface area contributed by atoms with Crippen molar-refractivity contribution in [3.8, 4) is 5.75 Å². The molecule has 2 bridgehead atoms. The lowest BCUT2D eigenvalue weighted by atomic mass is 9.82. The summed E-state index contributed by atoms with van der Waals surface area (Å²) in [5.41, 5.74) is 7.59. The molecule has 4 unspecified atom stereocenters. The summed E-state index contributed by atoms with van der Waals surface area (Å²) < 4.78 is 5.88. The molecule has 5 heteroatoms. The third kappa shape index (κ3) is 2.47. The topological polar surface area (TPSA) is 50.5 Å². The van der Waals surface area contributed by atoms with E-state index in [-0.39, 0.29) is 12.1 Å². The van der Waals surface area contributed by atoms with Crippen molar-refractivity contribution < 1.29 is 4.74 Å². The smallest absolute Gasteiger partial charge is 0.142 e. The van der Waals surface area contributed by atoms with Crippen LogP contribution in [0.15, 0.2) is 18.2 Å². The van der Waals surface area contributed by atoms with E-state index < -0.39 is 0 Å². The number of hydrogen-bond acceptors (Lipinski definition) is 4. The Labute approximate surface area is 136 Å². The van der Waals surface area contributed by atoms with Crippen LogP contribution in [-0.4, -0.2) is 42.7 Å². The molecule has 1 aromatic rings. The molecule has 3 aliphatic heterocycles. The van der Waals surface area contributed by atoms with Gasteiger partial charge in [-0.1, -0.05) is 11.6 Å². The molecule has 2 fully saturated rings. The highest BCUT2D eigenvalue weighted by atomic mass is 35.5. The largest absolute Gasteiger partial charge is 0.489 e. The van der Waals surface area contributed by atoms with E-state index in [1.54, 1.807) is 0 Å². The normalized spacial score (nSPS) is 35.4. The molecule has 4 atom stereocenters. The minimum absolute atomic E-state index is 0.129. The first-order valence-electron chi connectivity index (χ1n) is 8.28. The summed E-state index contributed by atoms with van der Waals surface area (Å²) in [5, 5.41) is 4.27. The molecule has 0 aromatic heterocycles. The molecule has 3 N–H and O–H groups in total. The van der Waals surface area contributed by atoms with Gasteiger partial charge in [-0.2, -0.15) is 0 Å². The van der Waals surface area contributed by atoms with Gasteiger partial charge in [0.1, 0.15) is 12.4 Å². The Morgan fingerprint density at radius 2 is 2.05 bits per heavy atom. The Bertz CT molecular complexity index is 553. The Morgan fingerprint density at radius 3 is 2.77 bits per heavy atom. The first kappa shape index (κ1) is 14.6. The number of fused-ring (bicyclic) bond motifs is 3. The van der Waals surface area contributed by atoms with Crippen molar-refractivity contribution in [3.05, 3.63) is 23.2 Å². The van der Waals surface area contributed by atoms with Gasteiger partial charge in [0.25, 0.3) is 0 Å². The van der Waals surface area contributed by atoms with Crippen molar-refractivity contribution in [2.24, 2.45) is 11.7 Å². The first-order chi connectivity index (χ1) is 10.6. The van der Waals surface area contributed by atoms with Crippen LogP contribution < -0.4 is 15.8 Å². The minimum atomic E-state index is 0.129. The van der Waals surface area contributed by atoms with Crippen LogP contribution in [0.5, 0.6) is 5.75 Å². The maximum atomic E-state index is 6.62. The maximum Gasteiger partial charge on any atom is 0.142 e. The van der Waals surface area contributed by atoms with Crippen molar-refractivity contribution in [2.75, 3.05) is 19.0 Å². The van der Waals surface area contributed by atoms with Crippen LogP contribution in [0.2, 0.25) is 5.02 Å². The number of nitrogens with two attached hydrogens (primary N) is 1. The predicted octanol–water partition coefficient (Wildman–Crippen LogP) is 2.71. The lowest BCUT2D eigenvalue weighted by Crippen LogP contribution is -2.54. The second-order valence-electron chi connectivity index (χ2n) is 7.06. The maximum absolute atomic E-state index is 6.62. The van der Waals surface area contributed by atoms with E-state index in [2.05, 4.69) is 17.3 Å². The van der Waals surface area contributed by atoms with E-state index in [1.807, 2.05) is 18.2 Å². The number of nitrogens with zero attached hydrogens (tertiary/aromatic N) is 1. The second-order valence-corrected chi connectivity index (χ2v) is 7.50. The summed E-state index contributed by atoms with van der Waals surface area (Å²) in [6.45, 7) is 0.636. The predicted molar refractivity (Wildman–Crippen MR) is 89.6 cm³/mol. The van der Waals surface area contributed by atoms with E-state index in [0.29, 0.717) is 12.5 Å². The van der Waals surface area contributed by atoms with Gasteiger partial charge in [-0.25, -0.2) is 0 Å². The lowest BCUT2D eigenvalue weighted by Gasteiger charge is -2.42. The van der Waals surface area contributed by atoms with Crippen molar-refractivity contribution in [1.82, 2.24) is 4.90 Å². The fraction of sp³-hybridized carbons (Fsp3) is 0.647. The number of benzene rings is 1. The summed E-state index contributed by atoms with van der Waals surface area (Å²) in [7, 11) is 2.27. The highest BCUT2D eigenvalue weighted by Gasteiger charge is 2.42. The number of halogens is 1. The molecule has 4 nitrogen and oxygen atoms in total. The monoisotopic (exact) mass is 321 g/mol. The van der Waals surface area contributed by atoms with Gasteiger partial charge in [-0.15, -0.1) is 0 Å². The van der Waals surface area contributed by atoms with Gasteiger partial charge in [0.15, 0.2) is 0 Å². The molecule has 0 aliphatic carbocycles. The van der Waals surface area contributed by atoms with E-state index in [0.717, 1.165) is 28.5 Å². The third-order valence-corrected chi connectivity index (χ3v) is 6.08. The molecule has 120 valence electrons. The van der Waals surface area contributed by atoms with Crippen LogP contribution >= 0.6 is 11.6 Å². The fourth-order valence-corrected chi connectivity index (χ4v) is 4.64. The highest BCUT2D eigenvalue weighted by molar-refractivity contribution is 6.30. The highest BCUT2D eigenvalue weighted by Crippen LogP contribution is 2.40. The molecule has 1 aromatic carbocycles. The van der Waals surface area contributed by atoms with Crippen LogP contribution in [0.25, 0.3) is 0 Å². The van der Waals surface area contributed by atoms with E-state index >= 15 is 0 Å². The zero-order chi connectivity index (χ0) is 15.3. The Kier molecular flexibility index (Phi) is 3.71. The van der Waals surface area contributed by atoms with Crippen molar-refractivity contribution in [1.29, 1.82) is 0 Å². The molecule has 2 saturated heterocycles. The van der Waals surface area contributed by atoms with E-state index in [4.69, 9.17) is 22.1 Å². The summed E-state index contributed by atoms with van der Waals surface area (Å²) >= 11 is 6.08.